The van der Waals surface area contributed by atoms with Crippen molar-refractivity contribution in [2.45, 2.75) is 44.6 Å². The van der Waals surface area contributed by atoms with E-state index in [0.29, 0.717) is 5.92 Å². The monoisotopic (exact) mass is 278 g/mol. The number of thiophene rings is 1. The molecule has 2 aromatic rings. The third-order valence-electron chi connectivity index (χ3n) is 4.11. The molecule has 1 nitrogen and oxygen atoms in total. The lowest BCUT2D eigenvalue weighted by Crippen LogP contribution is -2.10. The summed E-state index contributed by atoms with van der Waals surface area (Å²) in [7, 11) is 0. The summed E-state index contributed by atoms with van der Waals surface area (Å²) >= 11 is 1.52. The van der Waals surface area contributed by atoms with E-state index in [4.69, 9.17) is 0 Å². The maximum Gasteiger partial charge on any atom is 0.124 e. The Kier molecular flexibility index (Phi) is 3.85. The smallest absolute Gasteiger partial charge is 0.124 e. The van der Waals surface area contributed by atoms with Crippen molar-refractivity contribution in [3.63, 3.8) is 0 Å². The molecule has 1 aliphatic carbocycles. The Hall–Kier alpha value is -0.930. The summed E-state index contributed by atoms with van der Waals surface area (Å²) in [5, 5.41) is 11.4. The number of hydrogen-bond acceptors (Lipinski definition) is 2. The van der Waals surface area contributed by atoms with Crippen LogP contribution in [0.15, 0.2) is 24.3 Å². The third-order valence-corrected chi connectivity index (χ3v) is 5.31. The standard InChI is InChI=1S/C16H19FOS/c17-13-7-6-12-9-16(19-15(12)10-13)14(18)8-11-4-2-1-3-5-11/h6-7,9-11,14,18H,1-5,8H2. The fraction of sp³-hybridized carbons (Fsp3) is 0.500. The van der Waals surface area contributed by atoms with Gasteiger partial charge in [0.05, 0.1) is 6.10 Å². The zero-order valence-electron chi connectivity index (χ0n) is 10.9. The van der Waals surface area contributed by atoms with Crippen LogP contribution < -0.4 is 0 Å². The first-order chi connectivity index (χ1) is 9.22. The number of hydrogen-bond donors (Lipinski definition) is 1. The van der Waals surface area contributed by atoms with Gasteiger partial charge >= 0.3 is 0 Å². The minimum absolute atomic E-state index is 0.206. The van der Waals surface area contributed by atoms with E-state index >= 15 is 0 Å². The van der Waals surface area contributed by atoms with Gasteiger partial charge in [0, 0.05) is 9.58 Å². The van der Waals surface area contributed by atoms with E-state index < -0.39 is 0 Å². The maximum absolute atomic E-state index is 13.2. The van der Waals surface area contributed by atoms with E-state index in [0.717, 1.165) is 21.4 Å². The predicted octanol–water partition coefficient (Wildman–Crippen LogP) is 5.04. The minimum atomic E-state index is -0.386. The summed E-state index contributed by atoms with van der Waals surface area (Å²) in [6.45, 7) is 0. The Morgan fingerprint density at radius 3 is 2.79 bits per heavy atom. The average Bonchev–Trinajstić information content (AvgIpc) is 2.83. The van der Waals surface area contributed by atoms with Gasteiger partial charge in [-0.3, -0.25) is 0 Å². The molecule has 1 unspecified atom stereocenters. The molecular formula is C16H19FOS. The van der Waals surface area contributed by atoms with Gasteiger partial charge in [-0.2, -0.15) is 0 Å². The van der Waals surface area contributed by atoms with Crippen molar-refractivity contribution in [3.05, 3.63) is 35.0 Å². The molecule has 3 rings (SSSR count). The predicted molar refractivity (Wildman–Crippen MR) is 77.9 cm³/mol. The van der Waals surface area contributed by atoms with E-state index in [-0.39, 0.29) is 11.9 Å². The summed E-state index contributed by atoms with van der Waals surface area (Å²) in [4.78, 5) is 0.978. The van der Waals surface area contributed by atoms with Gasteiger partial charge in [0.1, 0.15) is 5.82 Å². The van der Waals surface area contributed by atoms with E-state index in [2.05, 4.69) is 0 Å². The lowest BCUT2D eigenvalue weighted by molar-refractivity contribution is 0.134. The normalized spacial score (nSPS) is 18.8. The number of rotatable bonds is 3. The second-order valence-corrected chi connectivity index (χ2v) is 6.70. The lowest BCUT2D eigenvalue weighted by Gasteiger charge is -2.23. The molecule has 1 aliphatic rings. The Morgan fingerprint density at radius 1 is 1.21 bits per heavy atom. The van der Waals surface area contributed by atoms with Crippen molar-refractivity contribution < 1.29 is 9.50 Å². The minimum Gasteiger partial charge on any atom is -0.388 e. The molecule has 1 N–H and O–H groups in total. The number of benzene rings is 1. The molecule has 1 atom stereocenters. The molecule has 0 aliphatic heterocycles. The summed E-state index contributed by atoms with van der Waals surface area (Å²) in [6, 6.07) is 6.83. The SMILES string of the molecule is OC(CC1CCCCC1)c1cc2ccc(F)cc2s1. The maximum atomic E-state index is 13.2. The molecule has 1 aromatic carbocycles. The van der Waals surface area contributed by atoms with Gasteiger partial charge < -0.3 is 5.11 Å². The molecule has 3 heteroatoms. The van der Waals surface area contributed by atoms with Crippen LogP contribution in [0.25, 0.3) is 10.1 Å². The van der Waals surface area contributed by atoms with Crippen LogP contribution in [0.2, 0.25) is 0 Å². The Morgan fingerprint density at radius 2 is 2.00 bits per heavy atom. The molecule has 1 aromatic heterocycles. The van der Waals surface area contributed by atoms with Crippen LogP contribution in [0.3, 0.4) is 0 Å². The van der Waals surface area contributed by atoms with E-state index in [9.17, 15) is 9.50 Å². The number of fused-ring (bicyclic) bond motifs is 1. The van der Waals surface area contributed by atoms with Gasteiger partial charge in [0.25, 0.3) is 0 Å². The molecule has 0 bridgehead atoms. The van der Waals surface area contributed by atoms with Crippen molar-refractivity contribution in [2.24, 2.45) is 5.92 Å². The number of halogens is 1. The van der Waals surface area contributed by atoms with E-state index in [1.807, 2.05) is 6.07 Å². The highest BCUT2D eigenvalue weighted by Gasteiger charge is 2.20. The van der Waals surface area contributed by atoms with Gasteiger partial charge in [-0.15, -0.1) is 11.3 Å². The van der Waals surface area contributed by atoms with Crippen molar-refractivity contribution in [1.82, 2.24) is 0 Å². The second kappa shape index (κ2) is 5.59. The van der Waals surface area contributed by atoms with Crippen molar-refractivity contribution in [3.8, 4) is 0 Å². The van der Waals surface area contributed by atoms with Crippen LogP contribution in [-0.2, 0) is 0 Å². The highest BCUT2D eigenvalue weighted by atomic mass is 32.1. The molecular weight excluding hydrogens is 259 g/mol. The number of aliphatic hydroxyl groups excluding tert-OH is 1. The van der Waals surface area contributed by atoms with Crippen LogP contribution in [0.1, 0.15) is 49.5 Å². The first kappa shape index (κ1) is 13.1. The average molecular weight is 278 g/mol. The van der Waals surface area contributed by atoms with Crippen LogP contribution in [0.4, 0.5) is 4.39 Å². The van der Waals surface area contributed by atoms with Crippen LogP contribution in [-0.4, -0.2) is 5.11 Å². The Balaban J connectivity index is 1.75. The van der Waals surface area contributed by atoms with Crippen molar-refractivity contribution >= 4 is 21.4 Å². The molecule has 0 saturated heterocycles. The second-order valence-electron chi connectivity index (χ2n) is 5.59. The highest BCUT2D eigenvalue weighted by molar-refractivity contribution is 7.19. The molecule has 0 amide bonds. The van der Waals surface area contributed by atoms with Crippen LogP contribution in [0.5, 0.6) is 0 Å². The summed E-state index contributed by atoms with van der Waals surface area (Å²) in [5.41, 5.74) is 0. The zero-order valence-corrected chi connectivity index (χ0v) is 11.8. The first-order valence-electron chi connectivity index (χ1n) is 7.09. The fourth-order valence-corrected chi connectivity index (χ4v) is 4.13. The van der Waals surface area contributed by atoms with Gasteiger partial charge in [0.15, 0.2) is 0 Å². The third kappa shape index (κ3) is 2.98. The number of aliphatic hydroxyl groups is 1. The Bertz CT molecular complexity index is 557. The van der Waals surface area contributed by atoms with Gasteiger partial charge in [-0.05, 0) is 35.9 Å². The zero-order chi connectivity index (χ0) is 13.2. The Labute approximate surface area is 117 Å². The fourth-order valence-electron chi connectivity index (χ4n) is 3.04. The van der Waals surface area contributed by atoms with Gasteiger partial charge in [-0.1, -0.05) is 38.2 Å². The largest absolute Gasteiger partial charge is 0.388 e. The first-order valence-corrected chi connectivity index (χ1v) is 7.91. The summed E-state index contributed by atoms with van der Waals surface area (Å²) in [6.07, 6.45) is 6.91. The summed E-state index contributed by atoms with van der Waals surface area (Å²) in [5.74, 6) is 0.452. The van der Waals surface area contributed by atoms with E-state index in [1.165, 1.54) is 49.5 Å². The van der Waals surface area contributed by atoms with E-state index in [1.54, 1.807) is 12.1 Å². The van der Waals surface area contributed by atoms with Crippen molar-refractivity contribution in [2.75, 3.05) is 0 Å². The summed E-state index contributed by atoms with van der Waals surface area (Å²) < 4.78 is 14.1. The molecule has 1 heterocycles. The topological polar surface area (TPSA) is 20.2 Å². The molecule has 1 fully saturated rings. The van der Waals surface area contributed by atoms with Crippen LogP contribution in [0, 0.1) is 11.7 Å². The van der Waals surface area contributed by atoms with Gasteiger partial charge in [0.2, 0.25) is 0 Å². The molecule has 0 spiro atoms. The molecule has 102 valence electrons. The highest BCUT2D eigenvalue weighted by Crippen LogP contribution is 2.36. The van der Waals surface area contributed by atoms with Gasteiger partial charge in [-0.25, -0.2) is 4.39 Å². The quantitative estimate of drug-likeness (QED) is 0.833. The van der Waals surface area contributed by atoms with Crippen molar-refractivity contribution in [1.29, 1.82) is 0 Å². The molecule has 1 saturated carbocycles. The molecule has 0 radical (unpaired) electrons. The lowest BCUT2D eigenvalue weighted by atomic mass is 9.85. The van der Waals surface area contributed by atoms with Crippen LogP contribution >= 0.6 is 11.3 Å². The molecule has 19 heavy (non-hydrogen) atoms.